The Hall–Kier alpha value is -6.30. The van der Waals surface area contributed by atoms with Crippen molar-refractivity contribution in [2.75, 3.05) is 81.1 Å². The molecule has 4 aromatic rings. The number of amides is 5. The summed E-state index contributed by atoms with van der Waals surface area (Å²) in [5.41, 5.74) is 9.47. The summed E-state index contributed by atoms with van der Waals surface area (Å²) in [4.78, 5) is 82.3. The fourth-order valence-electron chi connectivity index (χ4n) is 10.0. The molecular formula is C45H57N13O5. The van der Waals surface area contributed by atoms with E-state index in [4.69, 9.17) is 10.7 Å². The van der Waals surface area contributed by atoms with Crippen LogP contribution in [0.5, 0.6) is 0 Å². The van der Waals surface area contributed by atoms with Crippen LogP contribution >= 0.6 is 0 Å². The number of anilines is 4. The minimum Gasteiger partial charge on any atom is -0.372 e. The van der Waals surface area contributed by atoms with Crippen LogP contribution in [0.25, 0.3) is 11.4 Å². The molecule has 0 saturated carbocycles. The zero-order valence-corrected chi connectivity index (χ0v) is 36.1. The lowest BCUT2D eigenvalue weighted by Gasteiger charge is -2.38. The number of carbonyl (C=O) groups is 4. The normalized spacial score (nSPS) is 21.9. The average Bonchev–Trinajstić information content (AvgIpc) is 3.79. The van der Waals surface area contributed by atoms with Crippen molar-refractivity contribution >= 4 is 46.8 Å². The summed E-state index contributed by atoms with van der Waals surface area (Å²) in [6.07, 6.45) is 8.36. The van der Waals surface area contributed by atoms with E-state index in [1.54, 1.807) is 18.1 Å². The lowest BCUT2D eigenvalue weighted by Crippen LogP contribution is -2.49. The second kappa shape index (κ2) is 17.8. The Balaban J connectivity index is 0.744. The number of carbonyl (C=O) groups excluding carboxylic acids is 4. The third-order valence-electron chi connectivity index (χ3n) is 13.8. The molecule has 0 radical (unpaired) electrons. The Kier molecular flexibility index (Phi) is 11.9. The van der Waals surface area contributed by atoms with E-state index in [1.165, 1.54) is 14.8 Å². The van der Waals surface area contributed by atoms with E-state index < -0.39 is 17.9 Å². The van der Waals surface area contributed by atoms with Crippen LogP contribution in [-0.2, 0) is 16.6 Å². The summed E-state index contributed by atoms with van der Waals surface area (Å²) in [5, 5.41) is 10.1. The Bertz CT molecular complexity index is 2400. The lowest BCUT2D eigenvalue weighted by molar-refractivity contribution is -0.136. The van der Waals surface area contributed by atoms with Crippen LogP contribution < -0.4 is 31.9 Å². The number of primary amides is 1. The molecule has 63 heavy (non-hydrogen) atoms. The summed E-state index contributed by atoms with van der Waals surface area (Å²) in [7, 11) is 3.49. The number of nitrogens with two attached hydrogens (primary N) is 1. The molecule has 4 N–H and O–H groups in total. The standard InChI is InChI=1S/C45H57N13O5/c1-52-24-25-57(44(52)62)35-4-3-19-56(28-35)37-26-47-39(40(46)60)41(49-37)48-33-9-5-30(6-10-33)31-17-20-54(21-18-31)27-29-15-22-55(23-16-29)34-11-7-32(8-12-34)42-51-58(45(63)53(42)2)36-13-14-38(59)50-43(36)61/h5-12,26,29,31,35-36H,3-4,13-25,27-28H2,1-2H3,(H2,46,60)(H,48,49)(H,50,59,61)/t35-,36?/m1/s1. The van der Waals surface area contributed by atoms with E-state index in [0.29, 0.717) is 35.8 Å². The quantitative estimate of drug-likeness (QED) is 0.186. The average molecular weight is 860 g/mol. The summed E-state index contributed by atoms with van der Waals surface area (Å²) in [6.45, 7) is 8.13. The summed E-state index contributed by atoms with van der Waals surface area (Å²) in [5.74, 6) is 1.11. The van der Waals surface area contributed by atoms with Crippen molar-refractivity contribution in [1.29, 1.82) is 0 Å². The third kappa shape index (κ3) is 8.85. The zero-order chi connectivity index (χ0) is 43.8. The van der Waals surface area contributed by atoms with Gasteiger partial charge in [0, 0.05) is 83.3 Å². The van der Waals surface area contributed by atoms with Crippen LogP contribution in [0.1, 0.15) is 79.4 Å². The van der Waals surface area contributed by atoms with Crippen LogP contribution in [0.2, 0.25) is 0 Å². The number of nitrogens with zero attached hydrogens (tertiary/aromatic N) is 10. The van der Waals surface area contributed by atoms with Crippen molar-refractivity contribution in [3.05, 3.63) is 76.5 Å². The lowest BCUT2D eigenvalue weighted by atomic mass is 9.88. The Morgan fingerprint density at radius 3 is 2.27 bits per heavy atom. The molecule has 0 bridgehead atoms. The monoisotopic (exact) mass is 859 g/mol. The molecule has 0 aliphatic carbocycles. The number of imide groups is 1. The van der Waals surface area contributed by atoms with Crippen LogP contribution in [0.3, 0.4) is 0 Å². The first-order valence-electron chi connectivity index (χ1n) is 22.4. The van der Waals surface area contributed by atoms with Crippen molar-refractivity contribution in [2.24, 2.45) is 18.7 Å². The summed E-state index contributed by atoms with van der Waals surface area (Å²) < 4.78 is 2.65. The number of hydrogen-bond acceptors (Lipinski definition) is 12. The molecule has 332 valence electrons. The molecule has 2 atom stereocenters. The molecule has 18 heteroatoms. The molecule has 18 nitrogen and oxygen atoms in total. The van der Waals surface area contributed by atoms with Gasteiger partial charge in [-0.25, -0.2) is 24.2 Å². The van der Waals surface area contributed by atoms with E-state index in [0.717, 1.165) is 108 Å². The highest BCUT2D eigenvalue weighted by atomic mass is 16.2. The van der Waals surface area contributed by atoms with Gasteiger partial charge in [0.15, 0.2) is 17.3 Å². The highest BCUT2D eigenvalue weighted by molar-refractivity contribution is 5.99. The van der Waals surface area contributed by atoms with Gasteiger partial charge in [0.2, 0.25) is 5.91 Å². The third-order valence-corrected chi connectivity index (χ3v) is 13.8. The van der Waals surface area contributed by atoms with E-state index in [-0.39, 0.29) is 42.2 Å². The smallest absolute Gasteiger partial charge is 0.346 e. The predicted octanol–water partition coefficient (Wildman–Crippen LogP) is 3.29. The summed E-state index contributed by atoms with van der Waals surface area (Å²) >= 11 is 0. The van der Waals surface area contributed by atoms with Crippen LogP contribution in [0.4, 0.5) is 27.8 Å². The molecule has 5 aliphatic heterocycles. The highest BCUT2D eigenvalue weighted by Crippen LogP contribution is 2.33. The second-order valence-corrected chi connectivity index (χ2v) is 17.8. The topological polar surface area (TPSA) is 200 Å². The molecule has 0 spiro atoms. The van der Waals surface area contributed by atoms with Crippen LogP contribution in [0.15, 0.2) is 59.5 Å². The number of piperidine rings is 4. The van der Waals surface area contributed by atoms with Gasteiger partial charge in [0.1, 0.15) is 11.9 Å². The van der Waals surface area contributed by atoms with Crippen molar-refractivity contribution in [2.45, 2.75) is 69.4 Å². The molecule has 5 aliphatic rings. The van der Waals surface area contributed by atoms with Crippen LogP contribution in [0, 0.1) is 5.92 Å². The van der Waals surface area contributed by atoms with Crippen molar-refractivity contribution in [3.8, 4) is 11.4 Å². The Morgan fingerprint density at radius 2 is 1.59 bits per heavy atom. The Morgan fingerprint density at radius 1 is 0.841 bits per heavy atom. The number of likely N-dealkylation sites (tertiary alicyclic amines) is 1. The molecular weight excluding hydrogens is 803 g/mol. The molecule has 2 aromatic heterocycles. The largest absolute Gasteiger partial charge is 0.372 e. The van der Waals surface area contributed by atoms with Gasteiger partial charge in [-0.1, -0.05) is 12.1 Å². The maximum absolute atomic E-state index is 13.0. The summed E-state index contributed by atoms with van der Waals surface area (Å²) in [6, 6.07) is 15.9. The van der Waals surface area contributed by atoms with Gasteiger partial charge in [-0.3, -0.25) is 24.3 Å². The molecule has 1 unspecified atom stereocenters. The number of nitrogens with one attached hydrogen (secondary N) is 2. The van der Waals surface area contributed by atoms with Crippen molar-refractivity contribution < 1.29 is 19.2 Å². The highest BCUT2D eigenvalue weighted by Gasteiger charge is 2.35. The van der Waals surface area contributed by atoms with Gasteiger partial charge in [-0.2, -0.15) is 0 Å². The van der Waals surface area contributed by atoms with Crippen molar-refractivity contribution in [3.63, 3.8) is 0 Å². The number of urea groups is 1. The van der Waals surface area contributed by atoms with Gasteiger partial charge in [0.25, 0.3) is 11.8 Å². The molecule has 7 heterocycles. The fraction of sp³-hybridized carbons (Fsp3) is 0.511. The number of likely N-dealkylation sites (N-methyl/N-ethyl adjacent to an activating group) is 1. The first-order valence-corrected chi connectivity index (χ1v) is 22.4. The van der Waals surface area contributed by atoms with Gasteiger partial charge < -0.3 is 35.6 Å². The molecule has 5 fully saturated rings. The minimum absolute atomic E-state index is 0.0685. The van der Waals surface area contributed by atoms with Crippen LogP contribution in [-0.4, -0.2) is 135 Å². The minimum atomic E-state index is -0.796. The first kappa shape index (κ1) is 42.0. The van der Waals surface area contributed by atoms with Gasteiger partial charge in [-0.05, 0) is 112 Å². The van der Waals surface area contributed by atoms with Gasteiger partial charge in [-0.15, -0.1) is 5.10 Å². The van der Waals surface area contributed by atoms with E-state index >= 15 is 0 Å². The Labute approximate surface area is 366 Å². The number of rotatable bonds is 11. The van der Waals surface area contributed by atoms with Crippen molar-refractivity contribution in [1.82, 2.24) is 44.3 Å². The zero-order valence-electron chi connectivity index (χ0n) is 36.1. The molecule has 5 saturated heterocycles. The maximum Gasteiger partial charge on any atom is 0.346 e. The fourth-order valence-corrected chi connectivity index (χ4v) is 10.0. The molecule has 5 amide bonds. The number of aromatic nitrogens is 5. The predicted molar refractivity (Wildman–Crippen MR) is 238 cm³/mol. The maximum atomic E-state index is 13.0. The van der Waals surface area contributed by atoms with E-state index in [9.17, 15) is 24.0 Å². The van der Waals surface area contributed by atoms with E-state index in [1.807, 2.05) is 36.2 Å². The van der Waals surface area contributed by atoms with Gasteiger partial charge >= 0.3 is 11.7 Å². The number of hydrogen-bond donors (Lipinski definition) is 3. The molecule has 2 aromatic carbocycles. The van der Waals surface area contributed by atoms with Gasteiger partial charge in [0.05, 0.1) is 12.2 Å². The number of benzene rings is 2. The van der Waals surface area contributed by atoms with E-state index in [2.05, 4.69) is 59.7 Å². The first-order chi connectivity index (χ1) is 30.5. The second-order valence-electron chi connectivity index (χ2n) is 17.8. The SMILES string of the molecule is CN1CCN([C@@H]2CCCN(c3cnc(C(N)=O)c(Nc4ccc(C5CCN(CC6CCN(c7ccc(-c8nn(C9CCC(=O)NC9=O)c(=O)n8C)cc7)CC6)CC5)cc4)n3)C2)C1=O. The molecule has 9 rings (SSSR count).